The smallest absolute Gasteiger partial charge is 0.293 e. The SMILES string of the molecule is CC(C)CN(CC(C)C)S(=O)(=O)c1cc(N=Cc2ccc(N(C)C)c([N+](=O)[O-])c2)ccc1N1CCCCC1. The second-order valence-corrected chi connectivity index (χ2v) is 12.9. The van der Waals surface area contributed by atoms with Gasteiger partial charge in [0.2, 0.25) is 10.0 Å². The lowest BCUT2D eigenvalue weighted by Gasteiger charge is -2.32. The van der Waals surface area contributed by atoms with Gasteiger partial charge in [-0.15, -0.1) is 0 Å². The van der Waals surface area contributed by atoms with Gasteiger partial charge in [-0.3, -0.25) is 15.1 Å². The van der Waals surface area contributed by atoms with Crippen LogP contribution in [0.5, 0.6) is 0 Å². The summed E-state index contributed by atoms with van der Waals surface area (Å²) in [6, 6.07) is 10.2. The molecule has 0 spiro atoms. The quantitative estimate of drug-likeness (QED) is 0.205. The largest absolute Gasteiger partial charge is 0.372 e. The molecule has 0 unspecified atom stereocenters. The maximum Gasteiger partial charge on any atom is 0.293 e. The fourth-order valence-corrected chi connectivity index (χ4v) is 6.70. The molecule has 1 heterocycles. The van der Waals surface area contributed by atoms with Crippen molar-refractivity contribution in [3.63, 3.8) is 0 Å². The van der Waals surface area contributed by atoms with Crippen LogP contribution in [0.1, 0.15) is 52.5 Å². The molecule has 2 aromatic carbocycles. The van der Waals surface area contributed by atoms with E-state index in [9.17, 15) is 18.5 Å². The van der Waals surface area contributed by atoms with Crippen molar-refractivity contribution >= 4 is 39.0 Å². The van der Waals surface area contributed by atoms with Crippen LogP contribution in [0.25, 0.3) is 0 Å². The normalized spacial score (nSPS) is 14.7. The first-order chi connectivity index (χ1) is 17.9. The Labute approximate surface area is 227 Å². The Morgan fingerprint density at radius 3 is 2.18 bits per heavy atom. The Kier molecular flexibility index (Phi) is 9.89. The standard InChI is InChI=1S/C28H41N5O4S/c1-21(2)19-32(20-22(3)4)38(36,37)28-17-24(11-13-26(28)31-14-8-7-9-15-31)29-18-23-10-12-25(30(5)6)27(16-23)33(34)35/h10-13,16-18,21-22H,7-9,14-15,19-20H2,1-6H3. The number of hydrogen-bond donors (Lipinski definition) is 0. The van der Waals surface area contributed by atoms with Crippen molar-refractivity contribution in [2.45, 2.75) is 51.9 Å². The summed E-state index contributed by atoms with van der Waals surface area (Å²) in [5.41, 5.74) is 2.25. The number of sulfonamides is 1. The van der Waals surface area contributed by atoms with Gasteiger partial charge in [0.05, 0.1) is 16.3 Å². The highest BCUT2D eigenvalue weighted by Crippen LogP contribution is 2.34. The molecule has 0 aromatic heterocycles. The molecule has 0 atom stereocenters. The summed E-state index contributed by atoms with van der Waals surface area (Å²) in [5.74, 6) is 0.369. The van der Waals surface area contributed by atoms with Gasteiger partial charge in [-0.1, -0.05) is 33.8 Å². The molecular weight excluding hydrogens is 502 g/mol. The third-order valence-corrected chi connectivity index (χ3v) is 8.30. The van der Waals surface area contributed by atoms with Crippen LogP contribution in [0.15, 0.2) is 46.3 Å². The Balaban J connectivity index is 2.06. The van der Waals surface area contributed by atoms with E-state index in [1.807, 2.05) is 39.8 Å². The highest BCUT2D eigenvalue weighted by atomic mass is 32.2. The van der Waals surface area contributed by atoms with Gasteiger partial charge in [-0.2, -0.15) is 4.31 Å². The maximum atomic E-state index is 14.1. The fourth-order valence-electron chi connectivity index (χ4n) is 4.70. The molecule has 1 aliphatic heterocycles. The Morgan fingerprint density at radius 2 is 1.63 bits per heavy atom. The third-order valence-electron chi connectivity index (χ3n) is 6.44. The molecule has 3 rings (SSSR count). The average molecular weight is 544 g/mol. The summed E-state index contributed by atoms with van der Waals surface area (Å²) < 4.78 is 29.8. The van der Waals surface area contributed by atoms with Gasteiger partial charge in [0, 0.05) is 52.6 Å². The number of nitro groups is 1. The van der Waals surface area contributed by atoms with Gasteiger partial charge < -0.3 is 9.80 Å². The number of hydrogen-bond acceptors (Lipinski definition) is 7. The van der Waals surface area contributed by atoms with Crippen LogP contribution in [0.2, 0.25) is 0 Å². The summed E-state index contributed by atoms with van der Waals surface area (Å²) in [4.78, 5) is 19.8. The molecule has 0 N–H and O–H groups in total. The number of nitro benzene ring substituents is 1. The molecule has 38 heavy (non-hydrogen) atoms. The topological polar surface area (TPSA) is 99.4 Å². The van der Waals surface area contributed by atoms with Gasteiger partial charge in [0.15, 0.2) is 0 Å². The van der Waals surface area contributed by atoms with E-state index in [4.69, 9.17) is 0 Å². The monoisotopic (exact) mass is 543 g/mol. The van der Waals surface area contributed by atoms with Crippen molar-refractivity contribution in [1.82, 2.24) is 4.31 Å². The highest BCUT2D eigenvalue weighted by Gasteiger charge is 2.30. The van der Waals surface area contributed by atoms with Crippen LogP contribution in [0, 0.1) is 22.0 Å². The zero-order chi connectivity index (χ0) is 28.0. The number of piperidine rings is 1. The van der Waals surface area contributed by atoms with Crippen LogP contribution in [0.3, 0.4) is 0 Å². The van der Waals surface area contributed by atoms with E-state index >= 15 is 0 Å². The van der Waals surface area contributed by atoms with E-state index in [1.165, 1.54) is 6.07 Å². The van der Waals surface area contributed by atoms with Crippen LogP contribution >= 0.6 is 0 Å². The van der Waals surface area contributed by atoms with Crippen LogP contribution < -0.4 is 9.80 Å². The van der Waals surface area contributed by atoms with E-state index in [2.05, 4.69) is 9.89 Å². The highest BCUT2D eigenvalue weighted by molar-refractivity contribution is 7.89. The van der Waals surface area contributed by atoms with Crippen molar-refractivity contribution in [1.29, 1.82) is 0 Å². The average Bonchev–Trinajstić information content (AvgIpc) is 2.86. The van der Waals surface area contributed by atoms with E-state index in [0.29, 0.717) is 35.7 Å². The molecule has 208 valence electrons. The van der Waals surface area contributed by atoms with Crippen LogP contribution in [0.4, 0.5) is 22.7 Å². The van der Waals surface area contributed by atoms with Crippen LogP contribution in [-0.2, 0) is 10.0 Å². The number of aliphatic imine (C=N–C) groups is 1. The predicted octanol–water partition coefficient (Wildman–Crippen LogP) is 5.70. The Hall–Kier alpha value is -2.98. The molecule has 10 heteroatoms. The molecule has 0 bridgehead atoms. The molecule has 0 aliphatic carbocycles. The zero-order valence-electron chi connectivity index (χ0n) is 23.4. The van der Waals surface area contributed by atoms with Crippen molar-refractivity contribution < 1.29 is 13.3 Å². The van der Waals surface area contributed by atoms with E-state index in [-0.39, 0.29) is 22.4 Å². The first-order valence-electron chi connectivity index (χ1n) is 13.3. The summed E-state index contributed by atoms with van der Waals surface area (Å²) >= 11 is 0. The zero-order valence-corrected chi connectivity index (χ0v) is 24.2. The minimum atomic E-state index is -3.79. The van der Waals surface area contributed by atoms with Gasteiger partial charge >= 0.3 is 0 Å². The molecule has 0 saturated carbocycles. The fraction of sp³-hybridized carbons (Fsp3) is 0.536. The number of nitrogens with zero attached hydrogens (tertiary/aromatic N) is 5. The summed E-state index contributed by atoms with van der Waals surface area (Å²) in [6.07, 6.45) is 4.75. The molecule has 2 aromatic rings. The molecule has 0 radical (unpaired) electrons. The first kappa shape index (κ1) is 29.6. The molecular formula is C28H41N5O4S. The van der Waals surface area contributed by atoms with Crippen LogP contribution in [-0.4, -0.2) is 64.1 Å². The first-order valence-corrected chi connectivity index (χ1v) is 14.7. The minimum absolute atomic E-state index is 0.0133. The van der Waals surface area contributed by atoms with Crippen molar-refractivity contribution in [2.24, 2.45) is 16.8 Å². The summed E-state index contributed by atoms with van der Waals surface area (Å²) in [7, 11) is -0.279. The van der Waals surface area contributed by atoms with Gasteiger partial charge in [0.25, 0.3) is 5.69 Å². The second-order valence-electron chi connectivity index (χ2n) is 11.0. The molecule has 1 fully saturated rings. The predicted molar refractivity (Wildman–Crippen MR) is 156 cm³/mol. The van der Waals surface area contributed by atoms with Gasteiger partial charge in [-0.25, -0.2) is 8.42 Å². The second kappa shape index (κ2) is 12.7. The molecule has 0 amide bonds. The molecule has 9 nitrogen and oxygen atoms in total. The maximum absolute atomic E-state index is 14.1. The number of rotatable bonds is 11. The van der Waals surface area contributed by atoms with Crippen molar-refractivity contribution in [3.8, 4) is 0 Å². The lowest BCUT2D eigenvalue weighted by Crippen LogP contribution is -2.38. The Bertz CT molecular complexity index is 1240. The van der Waals surface area contributed by atoms with E-state index in [1.54, 1.807) is 47.7 Å². The van der Waals surface area contributed by atoms with Gasteiger partial charge in [-0.05, 0) is 60.9 Å². The Morgan fingerprint density at radius 1 is 1.00 bits per heavy atom. The van der Waals surface area contributed by atoms with Crippen molar-refractivity contribution in [2.75, 3.05) is 50.1 Å². The summed E-state index contributed by atoms with van der Waals surface area (Å²) in [5, 5.41) is 11.6. The lowest BCUT2D eigenvalue weighted by molar-refractivity contribution is -0.384. The number of benzene rings is 2. The molecule has 1 aliphatic rings. The minimum Gasteiger partial charge on any atom is -0.372 e. The van der Waals surface area contributed by atoms with E-state index < -0.39 is 14.9 Å². The van der Waals surface area contributed by atoms with Crippen molar-refractivity contribution in [3.05, 3.63) is 52.1 Å². The lowest BCUT2D eigenvalue weighted by atomic mass is 10.1. The van der Waals surface area contributed by atoms with E-state index in [0.717, 1.165) is 32.4 Å². The summed E-state index contributed by atoms with van der Waals surface area (Å²) in [6.45, 7) is 10.6. The third kappa shape index (κ3) is 7.32. The van der Waals surface area contributed by atoms with Gasteiger partial charge in [0.1, 0.15) is 10.6 Å². The molecule has 1 saturated heterocycles. The number of anilines is 2.